The summed E-state index contributed by atoms with van der Waals surface area (Å²) in [6, 6.07) is 14.0. The van der Waals surface area contributed by atoms with Crippen LogP contribution in [0.2, 0.25) is 0 Å². The van der Waals surface area contributed by atoms with Crippen LogP contribution in [0.3, 0.4) is 0 Å². The Kier molecular flexibility index (Phi) is 24.7. The van der Waals surface area contributed by atoms with E-state index in [4.69, 9.17) is 52.1 Å². The third-order valence-electron chi connectivity index (χ3n) is 7.36. The van der Waals surface area contributed by atoms with E-state index >= 15 is 0 Å². The second kappa shape index (κ2) is 29.8. The average Bonchev–Trinajstić information content (AvgIpc) is 3.41. The van der Waals surface area contributed by atoms with Gasteiger partial charge >= 0.3 is 0 Å². The summed E-state index contributed by atoms with van der Waals surface area (Å²) in [6.07, 6.45) is 0. The van der Waals surface area contributed by atoms with Crippen LogP contribution in [0.1, 0.15) is 27.6 Å². The van der Waals surface area contributed by atoms with Gasteiger partial charge in [-0.1, -0.05) is 12.1 Å². The Labute approximate surface area is 317 Å². The molecule has 3 amide bonds. The molecule has 0 aromatic heterocycles. The first kappa shape index (κ1) is 44.8. The summed E-state index contributed by atoms with van der Waals surface area (Å²) in [5.41, 5.74) is 1.60. The second-order valence-electron chi connectivity index (χ2n) is 11.5. The maximum Gasteiger partial charge on any atom is 0.261 e. The Morgan fingerprint density at radius 3 is 1.11 bits per heavy atom. The van der Waals surface area contributed by atoms with Crippen molar-refractivity contribution in [2.75, 3.05) is 151 Å². The molecule has 0 atom stereocenters. The number of anilines is 1. The first-order valence-electron chi connectivity index (χ1n) is 18.3. The molecule has 1 N–H and O–H groups in total. The number of imide groups is 1. The Morgan fingerprint density at radius 1 is 0.463 bits per heavy atom. The number of hydrogen-bond donors (Lipinski definition) is 1. The molecular weight excluding hydrogens is 708 g/mol. The molecule has 0 bridgehead atoms. The minimum absolute atomic E-state index is 0.113. The minimum Gasteiger partial charge on any atom is -0.491 e. The van der Waals surface area contributed by atoms with Crippen LogP contribution >= 0.6 is 0 Å². The lowest BCUT2D eigenvalue weighted by atomic mass is 10.1. The normalized spacial score (nSPS) is 12.4. The van der Waals surface area contributed by atoms with Gasteiger partial charge < -0.3 is 57.4 Å². The van der Waals surface area contributed by atoms with Crippen molar-refractivity contribution in [3.8, 4) is 5.75 Å². The summed E-state index contributed by atoms with van der Waals surface area (Å²) >= 11 is 0. The molecule has 0 saturated heterocycles. The van der Waals surface area contributed by atoms with Crippen molar-refractivity contribution in [1.29, 1.82) is 0 Å². The number of amides is 3. The highest BCUT2D eigenvalue weighted by molar-refractivity contribution is 6.21. The predicted molar refractivity (Wildman–Crippen MR) is 196 cm³/mol. The number of fused-ring (bicyclic) bond motifs is 1. The van der Waals surface area contributed by atoms with E-state index in [0.717, 1.165) is 5.69 Å². The molecule has 0 aliphatic carbocycles. The third kappa shape index (κ3) is 20.2. The fourth-order valence-electron chi connectivity index (χ4n) is 4.74. The van der Waals surface area contributed by atoms with Crippen molar-refractivity contribution in [3.05, 3.63) is 59.7 Å². The third-order valence-corrected chi connectivity index (χ3v) is 7.36. The van der Waals surface area contributed by atoms with E-state index in [1.807, 2.05) is 0 Å². The number of nitrogens with one attached hydrogen (secondary N) is 1. The number of ether oxygens (including phenoxy) is 11. The number of nitrogens with zero attached hydrogens (tertiary/aromatic N) is 1. The topological polar surface area (TPSA) is 168 Å². The Balaban J connectivity index is 0.923. The van der Waals surface area contributed by atoms with Crippen molar-refractivity contribution in [2.24, 2.45) is 0 Å². The number of carbonyl (C=O) groups is 3. The molecule has 0 saturated carbocycles. The Morgan fingerprint density at radius 2 is 0.778 bits per heavy atom. The van der Waals surface area contributed by atoms with E-state index in [0.29, 0.717) is 149 Å². The summed E-state index contributed by atoms with van der Waals surface area (Å²) in [7, 11) is 0. The molecular formula is C38H56N2O14. The molecule has 2 aromatic rings. The van der Waals surface area contributed by atoms with Crippen LogP contribution in [-0.4, -0.2) is 168 Å². The maximum atomic E-state index is 12.3. The molecule has 2 aromatic carbocycles. The zero-order valence-electron chi connectivity index (χ0n) is 31.3. The molecule has 1 heterocycles. The largest absolute Gasteiger partial charge is 0.491 e. The fraction of sp³-hybridized carbons (Fsp3) is 0.605. The van der Waals surface area contributed by atoms with Gasteiger partial charge in [0.05, 0.1) is 150 Å². The van der Waals surface area contributed by atoms with Gasteiger partial charge in [0.15, 0.2) is 0 Å². The summed E-state index contributed by atoms with van der Waals surface area (Å²) in [5.74, 6) is 0.0332. The van der Waals surface area contributed by atoms with Crippen molar-refractivity contribution in [3.63, 3.8) is 0 Å². The Hall–Kier alpha value is -3.55. The molecule has 16 nitrogen and oxygen atoms in total. The lowest BCUT2D eigenvalue weighted by Crippen LogP contribution is -2.33. The number of hydrogen-bond acceptors (Lipinski definition) is 14. The van der Waals surface area contributed by atoms with Crippen LogP contribution in [0.5, 0.6) is 5.75 Å². The summed E-state index contributed by atoms with van der Waals surface area (Å²) in [4.78, 5) is 36.9. The lowest BCUT2D eigenvalue weighted by Gasteiger charge is -2.13. The molecule has 1 aliphatic heterocycles. The molecule has 0 spiro atoms. The molecule has 0 fully saturated rings. The smallest absolute Gasteiger partial charge is 0.261 e. The van der Waals surface area contributed by atoms with Crippen LogP contribution in [0.25, 0.3) is 0 Å². The molecule has 1 aliphatic rings. The molecule has 3 rings (SSSR count). The standard InChI is InChI=1S/C38H56N2O14/c1-32(41)39-33-6-8-34(9-7-33)54-31-30-53-29-28-52-27-26-51-25-24-50-23-22-49-21-20-48-19-18-47-17-16-46-15-14-45-13-12-44-11-10-40-37(42)35-4-2-3-5-36(35)38(40)43/h2-9H,10-31H2,1H3,(H,39,41). The average molecular weight is 765 g/mol. The monoisotopic (exact) mass is 764 g/mol. The van der Waals surface area contributed by atoms with Crippen molar-refractivity contribution < 1.29 is 66.5 Å². The Bertz CT molecular complexity index is 1260. The lowest BCUT2D eigenvalue weighted by molar-refractivity contribution is -0.114. The van der Waals surface area contributed by atoms with Gasteiger partial charge in [0.2, 0.25) is 5.91 Å². The SMILES string of the molecule is CC(=O)Nc1ccc(OCCOCCOCCOCCOCCOCCOCCOCCOCCOCCOCCN2C(=O)c3ccccc3C2=O)cc1. The minimum atomic E-state index is -0.282. The highest BCUT2D eigenvalue weighted by atomic mass is 16.6. The zero-order chi connectivity index (χ0) is 38.3. The predicted octanol–water partition coefficient (Wildman–Crippen LogP) is 2.49. The number of rotatable bonds is 35. The van der Waals surface area contributed by atoms with Gasteiger partial charge in [0.1, 0.15) is 12.4 Å². The van der Waals surface area contributed by atoms with Gasteiger partial charge in [-0.3, -0.25) is 19.3 Å². The van der Waals surface area contributed by atoms with E-state index in [-0.39, 0.29) is 30.9 Å². The van der Waals surface area contributed by atoms with Crippen LogP contribution in [0.15, 0.2) is 48.5 Å². The zero-order valence-corrected chi connectivity index (χ0v) is 31.3. The van der Waals surface area contributed by atoms with Crippen LogP contribution in [0.4, 0.5) is 5.69 Å². The van der Waals surface area contributed by atoms with Gasteiger partial charge in [-0.05, 0) is 36.4 Å². The van der Waals surface area contributed by atoms with Crippen LogP contribution in [-0.2, 0) is 52.2 Å². The van der Waals surface area contributed by atoms with Crippen molar-refractivity contribution >= 4 is 23.4 Å². The van der Waals surface area contributed by atoms with E-state index in [1.165, 1.54) is 11.8 Å². The quantitative estimate of drug-likeness (QED) is 0.0803. The summed E-state index contributed by atoms with van der Waals surface area (Å²) in [6.45, 7) is 11.0. The van der Waals surface area contributed by atoms with Gasteiger partial charge in [-0.15, -0.1) is 0 Å². The van der Waals surface area contributed by atoms with Crippen molar-refractivity contribution in [1.82, 2.24) is 4.90 Å². The molecule has 54 heavy (non-hydrogen) atoms. The summed E-state index contributed by atoms with van der Waals surface area (Å²) < 4.78 is 60.4. The van der Waals surface area contributed by atoms with Gasteiger partial charge in [0, 0.05) is 12.6 Å². The van der Waals surface area contributed by atoms with E-state index in [2.05, 4.69) is 5.32 Å². The van der Waals surface area contributed by atoms with Gasteiger partial charge in [0.25, 0.3) is 11.8 Å². The van der Waals surface area contributed by atoms with Gasteiger partial charge in [-0.25, -0.2) is 0 Å². The molecule has 16 heteroatoms. The number of carbonyl (C=O) groups excluding carboxylic acids is 3. The second-order valence-corrected chi connectivity index (χ2v) is 11.5. The molecule has 0 radical (unpaired) electrons. The highest BCUT2D eigenvalue weighted by Crippen LogP contribution is 2.22. The van der Waals surface area contributed by atoms with E-state index < -0.39 is 0 Å². The molecule has 0 unspecified atom stereocenters. The fourth-order valence-corrected chi connectivity index (χ4v) is 4.74. The van der Waals surface area contributed by atoms with E-state index in [1.54, 1.807) is 48.5 Å². The van der Waals surface area contributed by atoms with Crippen molar-refractivity contribution in [2.45, 2.75) is 6.92 Å². The summed E-state index contributed by atoms with van der Waals surface area (Å²) in [5, 5.41) is 2.71. The van der Waals surface area contributed by atoms with Gasteiger partial charge in [-0.2, -0.15) is 0 Å². The number of benzene rings is 2. The maximum absolute atomic E-state index is 12.3. The van der Waals surface area contributed by atoms with E-state index in [9.17, 15) is 14.4 Å². The molecule has 302 valence electrons. The first-order valence-corrected chi connectivity index (χ1v) is 18.3. The van der Waals surface area contributed by atoms with Crippen LogP contribution < -0.4 is 10.1 Å². The first-order chi connectivity index (χ1) is 26.6. The highest BCUT2D eigenvalue weighted by Gasteiger charge is 2.34. The van der Waals surface area contributed by atoms with Crippen LogP contribution in [0, 0.1) is 0 Å².